The molecular weight excluding hydrogens is 260 g/mol. The largest absolute Gasteiger partial charge is 0.322 e. The summed E-state index contributed by atoms with van der Waals surface area (Å²) in [6, 6.07) is 0.631. The van der Waals surface area contributed by atoms with Gasteiger partial charge in [0, 0.05) is 6.04 Å². The van der Waals surface area contributed by atoms with Gasteiger partial charge in [-0.15, -0.1) is 0 Å². The number of amides is 1. The third kappa shape index (κ3) is 3.13. The van der Waals surface area contributed by atoms with Gasteiger partial charge >= 0.3 is 0 Å². The van der Waals surface area contributed by atoms with Gasteiger partial charge < -0.3 is 4.90 Å². The third-order valence-electron chi connectivity index (χ3n) is 5.68. The van der Waals surface area contributed by atoms with Gasteiger partial charge in [0.1, 0.15) is 0 Å². The highest BCUT2D eigenvalue weighted by Crippen LogP contribution is 2.44. The number of carbonyl (C=O) groups excluding carboxylic acids is 1. The Morgan fingerprint density at radius 1 is 1.29 bits per heavy atom. The number of nitrogens with one attached hydrogen (secondary N) is 1. The Balaban J connectivity index is 1.71. The minimum Gasteiger partial charge on any atom is -0.322 e. The Kier molecular flexibility index (Phi) is 4.58. The smallest absolute Gasteiger partial charge is 0.241 e. The number of nitrogens with zero attached hydrogens (tertiary/aromatic N) is 1. The van der Waals surface area contributed by atoms with E-state index in [1.807, 2.05) is 0 Å². The van der Waals surface area contributed by atoms with Gasteiger partial charge in [-0.2, -0.15) is 0 Å². The van der Waals surface area contributed by atoms with Crippen molar-refractivity contribution in [3.05, 3.63) is 0 Å². The summed E-state index contributed by atoms with van der Waals surface area (Å²) in [6.07, 6.45) is 10.4. The molecule has 0 aromatic rings. The zero-order chi connectivity index (χ0) is 15.0. The second kappa shape index (κ2) is 6.28. The quantitative estimate of drug-likeness (QED) is 0.812. The molecule has 1 N–H and O–H groups in total. The topological polar surface area (TPSA) is 32.3 Å². The highest BCUT2D eigenvalue weighted by molar-refractivity contribution is 5.85. The van der Waals surface area contributed by atoms with E-state index < -0.39 is 0 Å². The van der Waals surface area contributed by atoms with Crippen molar-refractivity contribution < 1.29 is 4.79 Å². The molecule has 2 saturated carbocycles. The standard InChI is InChI=1S/C18H32N2O/c1-4-7-14-11-16(14)20-17(13-8-5-6-9-13)19-15(18(20)21)10-12(2)3/h12-17,19H,4-11H2,1-3H3. The van der Waals surface area contributed by atoms with Crippen molar-refractivity contribution in [1.82, 2.24) is 10.2 Å². The van der Waals surface area contributed by atoms with Crippen LogP contribution in [0.1, 0.15) is 72.1 Å². The van der Waals surface area contributed by atoms with Crippen LogP contribution in [0.3, 0.4) is 0 Å². The Labute approximate surface area is 129 Å². The zero-order valence-corrected chi connectivity index (χ0v) is 14.0. The molecule has 0 bridgehead atoms. The number of hydrogen-bond donors (Lipinski definition) is 1. The molecule has 4 atom stereocenters. The molecule has 1 aliphatic heterocycles. The fraction of sp³-hybridized carbons (Fsp3) is 0.944. The first-order valence-corrected chi connectivity index (χ1v) is 9.20. The maximum Gasteiger partial charge on any atom is 0.241 e. The third-order valence-corrected chi connectivity index (χ3v) is 5.68. The molecule has 3 fully saturated rings. The van der Waals surface area contributed by atoms with Crippen LogP contribution in [0, 0.1) is 17.8 Å². The molecule has 1 heterocycles. The summed E-state index contributed by atoms with van der Waals surface area (Å²) in [4.78, 5) is 15.2. The number of carbonyl (C=O) groups is 1. The van der Waals surface area contributed by atoms with Crippen LogP contribution >= 0.6 is 0 Å². The average molecular weight is 292 g/mol. The van der Waals surface area contributed by atoms with E-state index in [4.69, 9.17) is 0 Å². The van der Waals surface area contributed by atoms with Gasteiger partial charge in [0.25, 0.3) is 0 Å². The molecule has 3 heteroatoms. The molecular formula is C18H32N2O. The first kappa shape index (κ1) is 15.3. The lowest BCUT2D eigenvalue weighted by Gasteiger charge is -2.29. The van der Waals surface area contributed by atoms with Crippen LogP contribution in [-0.2, 0) is 4.79 Å². The molecule has 3 nitrogen and oxygen atoms in total. The van der Waals surface area contributed by atoms with Crippen LogP contribution in [0.5, 0.6) is 0 Å². The van der Waals surface area contributed by atoms with Gasteiger partial charge in [0.05, 0.1) is 12.2 Å². The number of hydrogen-bond acceptors (Lipinski definition) is 2. The summed E-state index contributed by atoms with van der Waals surface area (Å²) in [6.45, 7) is 6.70. The van der Waals surface area contributed by atoms with E-state index in [2.05, 4.69) is 31.0 Å². The maximum absolute atomic E-state index is 12.9. The SMILES string of the molecule is CCCC1CC1N1C(=O)C(CC(C)C)NC1C1CCCC1. The Hall–Kier alpha value is -0.570. The Morgan fingerprint density at radius 2 is 2.00 bits per heavy atom. The van der Waals surface area contributed by atoms with E-state index in [1.54, 1.807) is 0 Å². The first-order chi connectivity index (χ1) is 10.1. The van der Waals surface area contributed by atoms with Crippen LogP contribution in [0.15, 0.2) is 0 Å². The molecule has 0 radical (unpaired) electrons. The van der Waals surface area contributed by atoms with Crippen molar-refractivity contribution in [3.8, 4) is 0 Å². The van der Waals surface area contributed by atoms with Gasteiger partial charge in [-0.05, 0) is 49.9 Å². The molecule has 2 aliphatic carbocycles. The van der Waals surface area contributed by atoms with Gasteiger partial charge in [0.2, 0.25) is 5.91 Å². The fourth-order valence-corrected chi connectivity index (χ4v) is 4.57. The van der Waals surface area contributed by atoms with Crippen molar-refractivity contribution >= 4 is 5.91 Å². The average Bonchev–Trinajstić information content (AvgIpc) is 2.87. The zero-order valence-electron chi connectivity index (χ0n) is 14.0. The Bertz CT molecular complexity index is 375. The van der Waals surface area contributed by atoms with Crippen molar-refractivity contribution in [2.75, 3.05) is 0 Å². The van der Waals surface area contributed by atoms with Crippen molar-refractivity contribution in [3.63, 3.8) is 0 Å². The summed E-state index contributed by atoms with van der Waals surface area (Å²) in [5.41, 5.74) is 0. The van der Waals surface area contributed by atoms with Crippen LogP contribution in [-0.4, -0.2) is 29.1 Å². The maximum atomic E-state index is 12.9. The lowest BCUT2D eigenvalue weighted by Crippen LogP contribution is -2.44. The van der Waals surface area contributed by atoms with Crippen molar-refractivity contribution in [2.45, 2.75) is 90.4 Å². The lowest BCUT2D eigenvalue weighted by atomic mass is 10.0. The number of rotatable bonds is 6. The molecule has 21 heavy (non-hydrogen) atoms. The van der Waals surface area contributed by atoms with Crippen LogP contribution in [0.2, 0.25) is 0 Å². The molecule has 1 amide bonds. The van der Waals surface area contributed by atoms with Gasteiger partial charge in [-0.3, -0.25) is 10.1 Å². The van der Waals surface area contributed by atoms with Crippen molar-refractivity contribution in [1.29, 1.82) is 0 Å². The highest BCUT2D eigenvalue weighted by atomic mass is 16.2. The van der Waals surface area contributed by atoms with Gasteiger partial charge in [-0.25, -0.2) is 0 Å². The summed E-state index contributed by atoms with van der Waals surface area (Å²) in [5, 5.41) is 3.72. The molecule has 0 aromatic heterocycles. The molecule has 1 saturated heterocycles. The molecule has 3 rings (SSSR count). The molecule has 4 unspecified atom stereocenters. The monoisotopic (exact) mass is 292 g/mol. The van der Waals surface area contributed by atoms with E-state index in [9.17, 15) is 4.79 Å². The Morgan fingerprint density at radius 3 is 2.62 bits per heavy atom. The van der Waals surface area contributed by atoms with E-state index in [1.165, 1.54) is 44.9 Å². The molecule has 3 aliphatic rings. The van der Waals surface area contributed by atoms with Crippen LogP contribution < -0.4 is 5.32 Å². The predicted octanol–water partition coefficient (Wildman–Crippen LogP) is 3.54. The highest BCUT2D eigenvalue weighted by Gasteiger charge is 2.52. The fourth-order valence-electron chi connectivity index (χ4n) is 4.57. The van der Waals surface area contributed by atoms with E-state index in [-0.39, 0.29) is 6.04 Å². The van der Waals surface area contributed by atoms with E-state index >= 15 is 0 Å². The molecule has 0 aromatic carbocycles. The summed E-state index contributed by atoms with van der Waals surface area (Å²) in [5.74, 6) is 2.47. The molecule has 120 valence electrons. The van der Waals surface area contributed by atoms with Crippen LogP contribution in [0.4, 0.5) is 0 Å². The lowest BCUT2D eigenvalue weighted by molar-refractivity contribution is -0.131. The van der Waals surface area contributed by atoms with E-state index in [0.29, 0.717) is 30.0 Å². The second-order valence-electron chi connectivity index (χ2n) is 7.94. The molecule has 0 spiro atoms. The van der Waals surface area contributed by atoms with Gasteiger partial charge in [-0.1, -0.05) is 40.0 Å². The van der Waals surface area contributed by atoms with Gasteiger partial charge in [0.15, 0.2) is 0 Å². The predicted molar refractivity (Wildman–Crippen MR) is 85.8 cm³/mol. The van der Waals surface area contributed by atoms with E-state index in [0.717, 1.165) is 12.3 Å². The normalized spacial score (nSPS) is 37.0. The van der Waals surface area contributed by atoms with Crippen molar-refractivity contribution in [2.24, 2.45) is 17.8 Å². The minimum atomic E-state index is 0.0819. The first-order valence-electron chi connectivity index (χ1n) is 9.20. The summed E-state index contributed by atoms with van der Waals surface area (Å²) >= 11 is 0. The summed E-state index contributed by atoms with van der Waals surface area (Å²) < 4.78 is 0. The second-order valence-corrected chi connectivity index (χ2v) is 7.94. The minimum absolute atomic E-state index is 0.0819. The summed E-state index contributed by atoms with van der Waals surface area (Å²) in [7, 11) is 0. The van der Waals surface area contributed by atoms with Crippen LogP contribution in [0.25, 0.3) is 0 Å².